The zero-order valence-electron chi connectivity index (χ0n) is 7.79. The van der Waals surface area contributed by atoms with E-state index in [4.69, 9.17) is 0 Å². The van der Waals surface area contributed by atoms with Crippen molar-refractivity contribution in [1.29, 1.82) is 0 Å². The molecular weight excluding hydrogens is 191 g/mol. The summed E-state index contributed by atoms with van der Waals surface area (Å²) < 4.78 is 1.32. The van der Waals surface area contributed by atoms with Gasteiger partial charge in [0.25, 0.3) is 0 Å². The summed E-state index contributed by atoms with van der Waals surface area (Å²) in [7, 11) is 0. The predicted molar refractivity (Wildman–Crippen MR) is 52.0 cm³/mol. The fourth-order valence-electron chi connectivity index (χ4n) is 0.845. The minimum absolute atomic E-state index is 0. The topological polar surface area (TPSA) is 0 Å². The first-order chi connectivity index (χ1) is 5.47. The first kappa shape index (κ1) is 12.8. The molecule has 1 heterocycles. The smallest absolute Gasteiger partial charge is 0.226 e. The third kappa shape index (κ3) is 3.28. The van der Waals surface area contributed by atoms with E-state index in [-0.39, 0.29) is 51.4 Å². The first-order valence-corrected chi connectivity index (χ1v) is 4.69. The molecule has 0 spiro atoms. The molecule has 2 rings (SSSR count). The van der Waals surface area contributed by atoms with Crippen LogP contribution in [0.2, 0.25) is 0 Å². The van der Waals surface area contributed by atoms with Crippen molar-refractivity contribution >= 4 is 21.4 Å². The third-order valence-corrected chi connectivity index (χ3v) is 2.13. The van der Waals surface area contributed by atoms with Gasteiger partial charge in [-0.1, -0.05) is 30.0 Å². The maximum absolute atomic E-state index is 3.14. The normalized spacial score (nSPS) is 8.17. The van der Waals surface area contributed by atoms with E-state index in [1.165, 1.54) is 10.1 Å². The molecule has 0 aliphatic carbocycles. The largest absolute Gasteiger partial charge is 1.00 e. The Hall–Kier alpha value is 0.816. The van der Waals surface area contributed by atoms with E-state index < -0.39 is 0 Å². The number of benzene rings is 1. The second-order valence-electron chi connectivity index (χ2n) is 1.88. The fourth-order valence-corrected chi connectivity index (χ4v) is 1.57. The first-order valence-electron chi connectivity index (χ1n) is 3.81. The molecule has 0 N–H and O–H groups in total. The van der Waals surface area contributed by atoms with E-state index in [0.717, 1.165) is 0 Å². The van der Waals surface area contributed by atoms with Crippen molar-refractivity contribution in [3.8, 4) is 0 Å². The van der Waals surface area contributed by atoms with Crippen LogP contribution in [0.4, 0.5) is 0 Å². The fraction of sp³-hybridized carbons (Fsp3) is 0.200. The molecule has 0 bridgehead atoms. The van der Waals surface area contributed by atoms with E-state index in [0.29, 0.717) is 0 Å². The second-order valence-corrected chi connectivity index (χ2v) is 2.79. The van der Waals surface area contributed by atoms with Crippen molar-refractivity contribution in [3.63, 3.8) is 0 Å². The summed E-state index contributed by atoms with van der Waals surface area (Å²) in [6.07, 6.45) is 0. The molecule has 1 aromatic heterocycles. The number of fused-ring (bicyclic) bond motifs is 1. The van der Waals surface area contributed by atoms with Crippen molar-refractivity contribution in [2.75, 3.05) is 0 Å². The van der Waals surface area contributed by atoms with Crippen molar-refractivity contribution in [1.82, 2.24) is 0 Å². The van der Waals surface area contributed by atoms with Crippen LogP contribution in [-0.2, 0) is 0 Å². The molecule has 2 aromatic rings. The summed E-state index contributed by atoms with van der Waals surface area (Å²) in [6, 6.07) is 11.4. The maximum Gasteiger partial charge on any atom is 1.00 e. The molecule has 0 unspecified atom stereocenters. The Morgan fingerprint density at radius 1 is 1.17 bits per heavy atom. The van der Waals surface area contributed by atoms with E-state index in [9.17, 15) is 0 Å². The van der Waals surface area contributed by atoms with Gasteiger partial charge in [0, 0.05) is 0 Å². The van der Waals surface area contributed by atoms with Crippen LogP contribution in [0.5, 0.6) is 0 Å². The second kappa shape index (κ2) is 7.24. The standard InChI is InChI=1S/C8H5S.C2H6.K/c1-2-4-8-7(3-1)5-6-9-8;1-2;/h1-4,6H;1-2H3;/q-1;;+1. The Balaban J connectivity index is 0.000000378. The number of thiophene rings is 1. The maximum atomic E-state index is 3.14. The molecule has 0 aliphatic rings. The molecule has 0 nitrogen and oxygen atoms in total. The van der Waals surface area contributed by atoms with Gasteiger partial charge in [-0.3, -0.25) is 0 Å². The summed E-state index contributed by atoms with van der Waals surface area (Å²) in [4.78, 5) is 0. The SMILES string of the molecule is CC.[K+].[c-]1csc2ccccc12. The van der Waals surface area contributed by atoms with Crippen LogP contribution in [0.1, 0.15) is 13.8 Å². The third-order valence-electron chi connectivity index (χ3n) is 1.29. The Morgan fingerprint density at radius 2 is 1.83 bits per heavy atom. The van der Waals surface area contributed by atoms with Crippen LogP contribution in [0.15, 0.2) is 29.6 Å². The Kier molecular flexibility index (Phi) is 7.73. The molecule has 12 heavy (non-hydrogen) atoms. The van der Waals surface area contributed by atoms with E-state index in [1.807, 2.05) is 31.4 Å². The Morgan fingerprint density at radius 3 is 2.50 bits per heavy atom. The minimum Gasteiger partial charge on any atom is -0.226 e. The molecule has 0 aliphatic heterocycles. The van der Waals surface area contributed by atoms with Crippen LogP contribution in [0.25, 0.3) is 10.1 Å². The molecule has 58 valence electrons. The average molecular weight is 202 g/mol. The van der Waals surface area contributed by atoms with Gasteiger partial charge in [-0.05, 0) is 0 Å². The zero-order chi connectivity index (χ0) is 8.10. The van der Waals surface area contributed by atoms with Crippen molar-refractivity contribution in [3.05, 3.63) is 35.7 Å². The number of rotatable bonds is 0. The Labute approximate surface area is 120 Å². The summed E-state index contributed by atoms with van der Waals surface area (Å²) >= 11 is 1.73. The van der Waals surface area contributed by atoms with Gasteiger partial charge in [0.05, 0.1) is 0 Å². The van der Waals surface area contributed by atoms with Crippen molar-refractivity contribution in [2.24, 2.45) is 0 Å². The number of hydrogen-bond acceptors (Lipinski definition) is 1. The van der Waals surface area contributed by atoms with Crippen LogP contribution < -0.4 is 51.4 Å². The minimum atomic E-state index is 0. The summed E-state index contributed by atoms with van der Waals surface area (Å²) in [6.45, 7) is 4.00. The van der Waals surface area contributed by atoms with E-state index >= 15 is 0 Å². The quantitative estimate of drug-likeness (QED) is 0.436. The van der Waals surface area contributed by atoms with Crippen LogP contribution in [0.3, 0.4) is 0 Å². The summed E-state index contributed by atoms with van der Waals surface area (Å²) in [5.74, 6) is 0. The van der Waals surface area contributed by atoms with Gasteiger partial charge < -0.3 is 0 Å². The molecule has 1 aromatic carbocycles. The van der Waals surface area contributed by atoms with Crippen molar-refractivity contribution < 1.29 is 51.4 Å². The molecule has 0 saturated heterocycles. The van der Waals surface area contributed by atoms with Crippen LogP contribution in [-0.4, -0.2) is 0 Å². The molecule has 0 atom stereocenters. The molecule has 0 fully saturated rings. The number of hydrogen-bond donors (Lipinski definition) is 0. The van der Waals surface area contributed by atoms with Gasteiger partial charge >= 0.3 is 51.4 Å². The van der Waals surface area contributed by atoms with E-state index in [1.54, 1.807) is 11.3 Å². The van der Waals surface area contributed by atoms with Gasteiger partial charge in [-0.15, -0.1) is 12.1 Å². The molecule has 0 saturated carbocycles. The van der Waals surface area contributed by atoms with Gasteiger partial charge in [0.1, 0.15) is 0 Å². The van der Waals surface area contributed by atoms with Gasteiger partial charge in [-0.25, -0.2) is 11.3 Å². The van der Waals surface area contributed by atoms with Gasteiger partial charge in [0.2, 0.25) is 0 Å². The van der Waals surface area contributed by atoms with Gasteiger partial charge in [0.15, 0.2) is 0 Å². The monoisotopic (exact) mass is 202 g/mol. The summed E-state index contributed by atoms with van der Waals surface area (Å²) in [5, 5.41) is 3.22. The Bertz CT molecular complexity index is 284. The zero-order valence-corrected chi connectivity index (χ0v) is 11.7. The van der Waals surface area contributed by atoms with Crippen LogP contribution >= 0.6 is 11.3 Å². The predicted octanol–water partition coefficient (Wildman–Crippen LogP) is 0.732. The average Bonchev–Trinajstić information content (AvgIpc) is 2.55. The van der Waals surface area contributed by atoms with Crippen molar-refractivity contribution in [2.45, 2.75) is 13.8 Å². The summed E-state index contributed by atoms with van der Waals surface area (Å²) in [5.41, 5.74) is 0. The van der Waals surface area contributed by atoms with E-state index in [2.05, 4.69) is 18.2 Å². The van der Waals surface area contributed by atoms with Crippen LogP contribution in [0, 0.1) is 6.07 Å². The molecule has 2 heteroatoms. The van der Waals surface area contributed by atoms with Gasteiger partial charge in [-0.2, -0.15) is 17.5 Å². The molecular formula is C10H11KS. The molecule has 0 amide bonds. The molecule has 0 radical (unpaired) electrons.